The van der Waals surface area contributed by atoms with Crippen LogP contribution < -0.4 is 0 Å². The van der Waals surface area contributed by atoms with E-state index in [0.717, 1.165) is 6.42 Å². The van der Waals surface area contributed by atoms with Gasteiger partial charge in [0.25, 0.3) is 0 Å². The van der Waals surface area contributed by atoms with E-state index in [9.17, 15) is 5.11 Å². The third-order valence-corrected chi connectivity index (χ3v) is 3.97. The fourth-order valence-corrected chi connectivity index (χ4v) is 3.05. The Morgan fingerprint density at radius 2 is 2.06 bits per heavy atom. The fraction of sp³-hybridized carbons (Fsp3) is 0.857. The van der Waals surface area contributed by atoms with E-state index in [1.165, 1.54) is 32.1 Å². The lowest BCUT2D eigenvalue weighted by atomic mass is 9.84. The molecular formula is C14H22O3. The maximum Gasteiger partial charge on any atom is 0.107 e. The van der Waals surface area contributed by atoms with E-state index in [0.29, 0.717) is 12.5 Å². The van der Waals surface area contributed by atoms with Crippen LogP contribution in [0.5, 0.6) is 0 Å². The standard InChI is InChI=1S/C14H22O3/c1-2-8-16-13-9-12(17-14(13)10-15)11-6-4-3-5-7-11/h1,11-15H,3-10H2/t12-,13?,14-/m1/s1. The summed E-state index contributed by atoms with van der Waals surface area (Å²) < 4.78 is 11.5. The zero-order valence-corrected chi connectivity index (χ0v) is 10.3. The highest BCUT2D eigenvalue weighted by atomic mass is 16.6. The second-order valence-corrected chi connectivity index (χ2v) is 5.08. The average molecular weight is 238 g/mol. The van der Waals surface area contributed by atoms with Crippen LogP contribution in [-0.2, 0) is 9.47 Å². The molecule has 2 fully saturated rings. The van der Waals surface area contributed by atoms with Crippen molar-refractivity contribution in [1.29, 1.82) is 0 Å². The lowest BCUT2D eigenvalue weighted by Crippen LogP contribution is -2.28. The van der Waals surface area contributed by atoms with Crippen molar-refractivity contribution in [3.05, 3.63) is 0 Å². The average Bonchev–Trinajstić information content (AvgIpc) is 2.80. The highest BCUT2D eigenvalue weighted by Crippen LogP contribution is 2.35. The SMILES string of the molecule is C#CCOC1C[C@H](C2CCCCC2)O[C@@H]1CO. The Labute approximate surface area is 103 Å². The van der Waals surface area contributed by atoms with E-state index >= 15 is 0 Å². The molecule has 1 N–H and O–H groups in total. The van der Waals surface area contributed by atoms with E-state index in [1.807, 2.05) is 0 Å². The molecular weight excluding hydrogens is 216 g/mol. The third-order valence-electron chi connectivity index (χ3n) is 3.97. The molecule has 1 unspecified atom stereocenters. The summed E-state index contributed by atoms with van der Waals surface area (Å²) in [6, 6.07) is 0. The van der Waals surface area contributed by atoms with Crippen LogP contribution in [0.25, 0.3) is 0 Å². The Kier molecular flexibility index (Phi) is 4.85. The Balaban J connectivity index is 1.87. The summed E-state index contributed by atoms with van der Waals surface area (Å²) in [5, 5.41) is 9.30. The zero-order chi connectivity index (χ0) is 12.1. The molecule has 0 radical (unpaired) electrons. The summed E-state index contributed by atoms with van der Waals surface area (Å²) in [5.41, 5.74) is 0. The summed E-state index contributed by atoms with van der Waals surface area (Å²) in [6.45, 7) is 0.334. The normalized spacial score (nSPS) is 34.7. The first-order valence-corrected chi connectivity index (χ1v) is 6.66. The predicted octanol–water partition coefficient (Wildman–Crippen LogP) is 1.73. The second kappa shape index (κ2) is 6.39. The number of aliphatic hydroxyl groups is 1. The van der Waals surface area contributed by atoms with Crippen LogP contribution in [0.4, 0.5) is 0 Å². The fourth-order valence-electron chi connectivity index (χ4n) is 3.05. The van der Waals surface area contributed by atoms with E-state index in [4.69, 9.17) is 15.9 Å². The molecule has 0 aromatic rings. The smallest absolute Gasteiger partial charge is 0.107 e. The highest BCUT2D eigenvalue weighted by molar-refractivity contribution is 4.90. The van der Waals surface area contributed by atoms with Crippen molar-refractivity contribution < 1.29 is 14.6 Å². The van der Waals surface area contributed by atoms with E-state index < -0.39 is 0 Å². The lowest BCUT2D eigenvalue weighted by molar-refractivity contribution is -0.0547. The number of ether oxygens (including phenoxy) is 2. The van der Waals surface area contributed by atoms with Gasteiger partial charge in [0.1, 0.15) is 12.7 Å². The molecule has 0 aromatic carbocycles. The summed E-state index contributed by atoms with van der Waals surface area (Å²) in [6.07, 6.45) is 12.6. The van der Waals surface area contributed by atoms with Gasteiger partial charge in [0.15, 0.2) is 0 Å². The minimum absolute atomic E-state index is 0.0250. The van der Waals surface area contributed by atoms with Gasteiger partial charge in [0, 0.05) is 6.42 Å². The van der Waals surface area contributed by atoms with Crippen molar-refractivity contribution in [3.63, 3.8) is 0 Å². The molecule has 3 heteroatoms. The van der Waals surface area contributed by atoms with Gasteiger partial charge in [-0.15, -0.1) is 6.42 Å². The van der Waals surface area contributed by atoms with Crippen molar-refractivity contribution in [2.24, 2.45) is 5.92 Å². The van der Waals surface area contributed by atoms with Crippen LogP contribution in [0.3, 0.4) is 0 Å². The number of terminal acetylenes is 1. The van der Waals surface area contributed by atoms with Gasteiger partial charge in [-0.2, -0.15) is 0 Å². The molecule has 1 saturated heterocycles. The first-order chi connectivity index (χ1) is 8.35. The van der Waals surface area contributed by atoms with Gasteiger partial charge in [-0.1, -0.05) is 25.2 Å². The molecule has 0 spiro atoms. The van der Waals surface area contributed by atoms with E-state index in [1.54, 1.807) is 0 Å². The molecule has 0 amide bonds. The van der Waals surface area contributed by atoms with E-state index in [2.05, 4.69) is 5.92 Å². The lowest BCUT2D eigenvalue weighted by Gasteiger charge is -2.26. The van der Waals surface area contributed by atoms with Crippen LogP contribution in [-0.4, -0.2) is 36.6 Å². The zero-order valence-electron chi connectivity index (χ0n) is 10.3. The molecule has 1 heterocycles. The van der Waals surface area contributed by atoms with Gasteiger partial charge in [-0.3, -0.25) is 0 Å². The number of hydrogen-bond acceptors (Lipinski definition) is 3. The third kappa shape index (κ3) is 3.22. The molecule has 96 valence electrons. The largest absolute Gasteiger partial charge is 0.394 e. The Morgan fingerprint density at radius 3 is 2.71 bits per heavy atom. The molecule has 3 nitrogen and oxygen atoms in total. The van der Waals surface area contributed by atoms with Gasteiger partial charge >= 0.3 is 0 Å². The van der Waals surface area contributed by atoms with Gasteiger partial charge in [-0.25, -0.2) is 0 Å². The first-order valence-electron chi connectivity index (χ1n) is 6.66. The molecule has 1 aliphatic carbocycles. The van der Waals surface area contributed by atoms with Crippen LogP contribution in [0.2, 0.25) is 0 Å². The molecule has 3 atom stereocenters. The molecule has 1 saturated carbocycles. The monoisotopic (exact) mass is 238 g/mol. The topological polar surface area (TPSA) is 38.7 Å². The summed E-state index contributed by atoms with van der Waals surface area (Å²) >= 11 is 0. The van der Waals surface area contributed by atoms with Crippen LogP contribution in [0.15, 0.2) is 0 Å². The maximum absolute atomic E-state index is 9.30. The Bertz CT molecular complexity index is 265. The van der Waals surface area contributed by atoms with E-state index in [-0.39, 0.29) is 24.9 Å². The number of hydrogen-bond donors (Lipinski definition) is 1. The molecule has 1 aliphatic heterocycles. The van der Waals surface area contributed by atoms with Gasteiger partial charge in [0.2, 0.25) is 0 Å². The van der Waals surface area contributed by atoms with Crippen molar-refractivity contribution in [3.8, 4) is 12.3 Å². The van der Waals surface area contributed by atoms with Crippen LogP contribution in [0, 0.1) is 18.3 Å². The molecule has 2 aliphatic rings. The van der Waals surface area contributed by atoms with Gasteiger partial charge < -0.3 is 14.6 Å². The molecule has 0 aromatic heterocycles. The Hall–Kier alpha value is -0.560. The highest BCUT2D eigenvalue weighted by Gasteiger charge is 2.39. The summed E-state index contributed by atoms with van der Waals surface area (Å²) in [7, 11) is 0. The summed E-state index contributed by atoms with van der Waals surface area (Å²) in [5.74, 6) is 3.12. The van der Waals surface area contributed by atoms with Crippen molar-refractivity contribution in [2.45, 2.75) is 56.8 Å². The molecule has 17 heavy (non-hydrogen) atoms. The summed E-state index contributed by atoms with van der Waals surface area (Å²) in [4.78, 5) is 0. The minimum atomic E-state index is -0.185. The van der Waals surface area contributed by atoms with Gasteiger partial charge in [0.05, 0.1) is 18.8 Å². The molecule has 0 bridgehead atoms. The quantitative estimate of drug-likeness (QED) is 0.758. The van der Waals surface area contributed by atoms with Crippen molar-refractivity contribution in [1.82, 2.24) is 0 Å². The Morgan fingerprint density at radius 1 is 1.29 bits per heavy atom. The number of rotatable bonds is 4. The maximum atomic E-state index is 9.30. The first kappa shape index (κ1) is 12.9. The van der Waals surface area contributed by atoms with Gasteiger partial charge in [-0.05, 0) is 18.8 Å². The molecule has 2 rings (SSSR count). The second-order valence-electron chi connectivity index (χ2n) is 5.08. The van der Waals surface area contributed by atoms with Crippen molar-refractivity contribution >= 4 is 0 Å². The van der Waals surface area contributed by atoms with Crippen molar-refractivity contribution in [2.75, 3.05) is 13.2 Å². The predicted molar refractivity (Wildman–Crippen MR) is 65.5 cm³/mol. The van der Waals surface area contributed by atoms with Crippen LogP contribution >= 0.6 is 0 Å². The number of aliphatic hydroxyl groups excluding tert-OH is 1. The minimum Gasteiger partial charge on any atom is -0.394 e. The van der Waals surface area contributed by atoms with Crippen LogP contribution in [0.1, 0.15) is 38.5 Å².